The molecule has 1 spiro atoms. The molecule has 1 aromatic heterocycles. The molecule has 0 fully saturated rings. The lowest BCUT2D eigenvalue weighted by Crippen LogP contribution is -2.33. The fourth-order valence-electron chi connectivity index (χ4n) is 9.59. The van der Waals surface area contributed by atoms with E-state index >= 15 is 0 Å². The Morgan fingerprint density at radius 3 is 1.47 bits per heavy atom. The van der Waals surface area contributed by atoms with E-state index in [1.807, 2.05) is 12.1 Å². The van der Waals surface area contributed by atoms with Crippen molar-refractivity contribution in [3.63, 3.8) is 0 Å². The number of rotatable bonds is 4. The number of benzene rings is 9. The molecule has 1 aliphatic heterocycles. The number of hydrogen-bond acceptors (Lipinski definition) is 3. The molecule has 0 bridgehead atoms. The third kappa shape index (κ3) is 4.74. The zero-order valence-corrected chi connectivity index (χ0v) is 31.4. The average Bonchev–Trinajstić information content (AvgIpc) is 3.60. The van der Waals surface area contributed by atoms with Gasteiger partial charge in [0.1, 0.15) is 11.5 Å². The zero-order chi connectivity index (χ0) is 38.2. The van der Waals surface area contributed by atoms with Crippen LogP contribution in [0, 0.1) is 0 Å². The van der Waals surface area contributed by atoms with Gasteiger partial charge in [-0.25, -0.2) is 9.97 Å². The van der Waals surface area contributed by atoms with Gasteiger partial charge < -0.3 is 4.74 Å². The van der Waals surface area contributed by atoms with E-state index in [1.54, 1.807) is 0 Å². The van der Waals surface area contributed by atoms with Crippen molar-refractivity contribution < 1.29 is 4.74 Å². The van der Waals surface area contributed by atoms with Gasteiger partial charge >= 0.3 is 0 Å². The first-order valence-electron chi connectivity index (χ1n) is 19.8. The third-order valence-electron chi connectivity index (χ3n) is 12.2. The monoisotopic (exact) mass is 738 g/mol. The van der Waals surface area contributed by atoms with Gasteiger partial charge in [-0.2, -0.15) is 0 Å². The van der Waals surface area contributed by atoms with Crippen LogP contribution in [0.5, 0.6) is 11.5 Å². The van der Waals surface area contributed by atoms with Gasteiger partial charge in [0.25, 0.3) is 0 Å². The van der Waals surface area contributed by atoms with Crippen LogP contribution < -0.4 is 4.74 Å². The van der Waals surface area contributed by atoms with Crippen molar-refractivity contribution in [2.45, 2.75) is 5.41 Å². The number of nitrogens with zero attached hydrogens (tertiary/aromatic N) is 2. The van der Waals surface area contributed by atoms with Crippen LogP contribution >= 0.6 is 0 Å². The molecule has 0 amide bonds. The Kier molecular flexibility index (Phi) is 7.14. The van der Waals surface area contributed by atoms with Gasteiger partial charge in [0.15, 0.2) is 5.82 Å². The van der Waals surface area contributed by atoms with E-state index in [2.05, 4.69) is 194 Å². The summed E-state index contributed by atoms with van der Waals surface area (Å²) in [5, 5.41) is 4.53. The van der Waals surface area contributed by atoms with Gasteiger partial charge in [0.05, 0.1) is 16.8 Å². The summed E-state index contributed by atoms with van der Waals surface area (Å²) in [5.74, 6) is 2.53. The Bertz CT molecular complexity index is 3100. The van der Waals surface area contributed by atoms with Crippen molar-refractivity contribution in [2.75, 3.05) is 0 Å². The molecular weight excluding hydrogens is 705 g/mol. The molecule has 0 saturated heterocycles. The quantitative estimate of drug-likeness (QED) is 0.180. The van der Waals surface area contributed by atoms with E-state index in [0.717, 1.165) is 77.8 Å². The fourth-order valence-corrected chi connectivity index (χ4v) is 9.59. The molecule has 2 aliphatic rings. The van der Waals surface area contributed by atoms with Crippen LogP contribution in [0.4, 0.5) is 0 Å². The molecule has 3 nitrogen and oxygen atoms in total. The van der Waals surface area contributed by atoms with Crippen molar-refractivity contribution >= 4 is 21.5 Å². The molecular formula is C55H34N2O. The molecule has 270 valence electrons. The first-order valence-corrected chi connectivity index (χ1v) is 19.8. The molecule has 0 radical (unpaired) electrons. The second-order valence-electron chi connectivity index (χ2n) is 15.2. The highest BCUT2D eigenvalue weighted by Crippen LogP contribution is 2.65. The number of hydrogen-bond donors (Lipinski definition) is 0. The smallest absolute Gasteiger partial charge is 0.160 e. The lowest BCUT2D eigenvalue weighted by molar-refractivity contribution is 0.447. The maximum Gasteiger partial charge on any atom is 0.160 e. The van der Waals surface area contributed by atoms with Crippen molar-refractivity contribution in [2.24, 2.45) is 0 Å². The topological polar surface area (TPSA) is 35.0 Å². The molecule has 12 rings (SSSR count). The van der Waals surface area contributed by atoms with E-state index in [0.29, 0.717) is 5.82 Å². The summed E-state index contributed by atoms with van der Waals surface area (Å²) in [7, 11) is 0. The van der Waals surface area contributed by atoms with Gasteiger partial charge in [-0.3, -0.25) is 0 Å². The van der Waals surface area contributed by atoms with E-state index in [9.17, 15) is 0 Å². The Morgan fingerprint density at radius 2 is 0.845 bits per heavy atom. The predicted octanol–water partition coefficient (Wildman–Crippen LogP) is 13.9. The molecule has 2 heterocycles. The second kappa shape index (κ2) is 12.7. The van der Waals surface area contributed by atoms with E-state index < -0.39 is 5.41 Å². The lowest BCUT2D eigenvalue weighted by atomic mass is 9.64. The van der Waals surface area contributed by atoms with Crippen LogP contribution in [0.1, 0.15) is 22.3 Å². The first kappa shape index (κ1) is 32.6. The Hall–Kier alpha value is -7.62. The normalized spacial score (nSPS) is 13.1. The van der Waals surface area contributed by atoms with Crippen LogP contribution in [0.25, 0.3) is 77.7 Å². The first-order chi connectivity index (χ1) is 28.8. The van der Waals surface area contributed by atoms with Gasteiger partial charge in [-0.1, -0.05) is 200 Å². The van der Waals surface area contributed by atoms with Crippen LogP contribution in [-0.2, 0) is 5.41 Å². The van der Waals surface area contributed by atoms with Crippen LogP contribution in [0.2, 0.25) is 0 Å². The Balaban J connectivity index is 1.09. The van der Waals surface area contributed by atoms with Crippen LogP contribution in [-0.4, -0.2) is 9.97 Å². The predicted molar refractivity (Wildman–Crippen MR) is 236 cm³/mol. The summed E-state index contributed by atoms with van der Waals surface area (Å²) >= 11 is 0. The molecule has 3 heteroatoms. The van der Waals surface area contributed by atoms with Gasteiger partial charge in [0.2, 0.25) is 0 Å². The highest BCUT2D eigenvalue weighted by Gasteiger charge is 2.53. The summed E-state index contributed by atoms with van der Waals surface area (Å²) < 4.78 is 7.20. The fraction of sp³-hybridized carbons (Fsp3) is 0.0182. The minimum Gasteiger partial charge on any atom is -0.455 e. The molecule has 1 aliphatic carbocycles. The number of fused-ring (bicyclic) bond motifs is 13. The van der Waals surface area contributed by atoms with Crippen LogP contribution in [0.3, 0.4) is 0 Å². The molecule has 58 heavy (non-hydrogen) atoms. The maximum atomic E-state index is 7.20. The standard InChI is InChI=1S/C55H34N2O/c1-3-16-38(17-4-1)49-34-50(39-18-5-2-6-19-39)57-54(56-49)40-28-26-37(27-29-40)41-23-13-24-45-44-22-11-12-25-46(44)55(51(41)45)47-32-30-35-14-7-9-20-42(35)52(47)58-53-43-21-10-8-15-36(43)31-33-48(53)55/h1-34H. The molecule has 0 saturated carbocycles. The van der Waals surface area contributed by atoms with Gasteiger partial charge in [0, 0.05) is 38.6 Å². The highest BCUT2D eigenvalue weighted by molar-refractivity contribution is 6.01. The summed E-state index contributed by atoms with van der Waals surface area (Å²) in [6.45, 7) is 0. The average molecular weight is 739 g/mol. The van der Waals surface area contributed by atoms with Crippen molar-refractivity contribution in [3.05, 3.63) is 229 Å². The molecule has 9 aromatic carbocycles. The zero-order valence-electron chi connectivity index (χ0n) is 31.4. The van der Waals surface area contributed by atoms with Crippen molar-refractivity contribution in [1.82, 2.24) is 9.97 Å². The Labute approximate surface area is 336 Å². The van der Waals surface area contributed by atoms with E-state index in [4.69, 9.17) is 14.7 Å². The summed E-state index contributed by atoms with van der Waals surface area (Å²) in [5.41, 5.74) is 13.9. The van der Waals surface area contributed by atoms with Gasteiger partial charge in [-0.05, 0) is 50.2 Å². The maximum absolute atomic E-state index is 7.20. The van der Waals surface area contributed by atoms with Gasteiger partial charge in [-0.15, -0.1) is 0 Å². The van der Waals surface area contributed by atoms with Crippen LogP contribution in [0.15, 0.2) is 206 Å². The molecule has 10 aromatic rings. The number of aromatic nitrogens is 2. The second-order valence-corrected chi connectivity index (χ2v) is 15.2. The molecule has 0 N–H and O–H groups in total. The minimum absolute atomic E-state index is 0.643. The highest BCUT2D eigenvalue weighted by atomic mass is 16.5. The van der Waals surface area contributed by atoms with E-state index in [1.165, 1.54) is 27.8 Å². The molecule has 0 atom stereocenters. The minimum atomic E-state index is -0.643. The van der Waals surface area contributed by atoms with Crippen molar-refractivity contribution in [3.8, 4) is 67.7 Å². The SMILES string of the molecule is c1ccc(-c2cc(-c3ccccc3)nc(-c3ccc(-c4cccc5c4C4(c6ccccc6-5)c5ccc6ccccc6c5Oc5c4ccc4ccccc54)cc3)n2)cc1. The largest absolute Gasteiger partial charge is 0.455 e. The summed E-state index contributed by atoms with van der Waals surface area (Å²) in [6, 6.07) is 73.7. The summed E-state index contributed by atoms with van der Waals surface area (Å²) in [6.07, 6.45) is 0. The number of ether oxygens (including phenoxy) is 1. The Morgan fingerprint density at radius 1 is 0.345 bits per heavy atom. The summed E-state index contributed by atoms with van der Waals surface area (Å²) in [4.78, 5) is 10.3. The van der Waals surface area contributed by atoms with E-state index in [-0.39, 0.29) is 0 Å². The molecule has 0 unspecified atom stereocenters. The van der Waals surface area contributed by atoms with Crippen molar-refractivity contribution in [1.29, 1.82) is 0 Å². The lowest BCUT2D eigenvalue weighted by Gasteiger charge is -2.41. The third-order valence-corrected chi connectivity index (χ3v) is 12.2.